The molecule has 1 aromatic carbocycles. The van der Waals surface area contributed by atoms with Crippen LogP contribution < -0.4 is 9.61 Å². The number of aromatic amines is 1. The Kier molecular flexibility index (Phi) is 3.60. The third-order valence-corrected chi connectivity index (χ3v) is 3.19. The smallest absolute Gasteiger partial charge is 0.307 e. The van der Waals surface area contributed by atoms with Gasteiger partial charge in [0.2, 0.25) is 0 Å². The maximum atomic E-state index is 11.0. The molecule has 0 amide bonds. The number of para-hydroxylation sites is 1. The number of aromatic nitrogens is 1. The van der Waals surface area contributed by atoms with E-state index in [4.69, 9.17) is 4.74 Å². The molecule has 88 valence electrons. The zero-order valence-corrected chi connectivity index (χ0v) is 10.6. The first kappa shape index (κ1) is 11.9. The molecule has 1 N–H and O–H groups in total. The molecule has 0 spiro atoms. The van der Waals surface area contributed by atoms with Crippen LogP contribution in [0.3, 0.4) is 0 Å². The van der Waals surface area contributed by atoms with Gasteiger partial charge in [-0.2, -0.15) is 0 Å². The number of hydrogen-bond acceptors (Lipinski definition) is 6. The van der Waals surface area contributed by atoms with Gasteiger partial charge in [-0.1, -0.05) is 23.5 Å². The molecular weight excluding hydrogens is 258 g/mol. The molecule has 1 heterocycles. The number of nitrogens with zero attached hydrogens (tertiary/aromatic N) is 2. The van der Waals surface area contributed by atoms with Crippen molar-refractivity contribution in [1.82, 2.24) is 4.98 Å². The molecule has 0 saturated heterocycles. The Morgan fingerprint density at radius 1 is 1.35 bits per heavy atom. The quantitative estimate of drug-likeness (QED) is 0.662. The van der Waals surface area contributed by atoms with Crippen LogP contribution in [-0.4, -0.2) is 12.1 Å². The average molecular weight is 267 g/mol. The summed E-state index contributed by atoms with van der Waals surface area (Å²) in [5, 5.41) is 8.85. The van der Waals surface area contributed by atoms with E-state index in [2.05, 4.69) is 27.8 Å². The molecule has 7 heteroatoms. The molecule has 0 aliphatic carbocycles. The van der Waals surface area contributed by atoms with Gasteiger partial charge in [-0.3, -0.25) is 4.79 Å². The summed E-state index contributed by atoms with van der Waals surface area (Å²) >= 11 is 5.04. The number of benzene rings is 1. The van der Waals surface area contributed by atoms with Crippen molar-refractivity contribution >= 4 is 34.7 Å². The number of ether oxygens (including phenoxy) is 1. The van der Waals surface area contributed by atoms with E-state index in [1.54, 1.807) is 19.2 Å². The first-order valence-electron chi connectivity index (χ1n) is 4.67. The topological polar surface area (TPSA) is 66.8 Å². The highest BCUT2D eigenvalue weighted by atomic mass is 32.1. The normalized spacial score (nSPS) is 10.9. The van der Waals surface area contributed by atoms with Gasteiger partial charge in [0.05, 0.1) is 7.11 Å². The second-order valence-corrected chi connectivity index (χ2v) is 4.45. The second-order valence-electron chi connectivity index (χ2n) is 3.04. The maximum absolute atomic E-state index is 11.0. The van der Waals surface area contributed by atoms with E-state index in [-0.39, 0.29) is 4.87 Å². The second kappa shape index (κ2) is 5.15. The van der Waals surface area contributed by atoms with Crippen LogP contribution in [0.4, 0.5) is 10.7 Å². The molecule has 0 atom stereocenters. The molecule has 2 rings (SSSR count). The summed E-state index contributed by atoms with van der Waals surface area (Å²) in [6.45, 7) is 0. The minimum absolute atomic E-state index is 0.205. The van der Waals surface area contributed by atoms with Crippen LogP contribution in [0, 0.1) is 0 Å². The van der Waals surface area contributed by atoms with Gasteiger partial charge in [-0.05, 0) is 12.1 Å². The van der Waals surface area contributed by atoms with Crippen LogP contribution in [0.2, 0.25) is 0 Å². The summed E-state index contributed by atoms with van der Waals surface area (Å²) in [6.07, 6.45) is 0. The van der Waals surface area contributed by atoms with Crippen molar-refractivity contribution in [3.8, 4) is 5.75 Å². The van der Waals surface area contributed by atoms with Crippen LogP contribution in [0.15, 0.2) is 44.3 Å². The molecular formula is C10H9N3O2S2. The van der Waals surface area contributed by atoms with Crippen molar-refractivity contribution in [2.45, 2.75) is 5.03 Å². The summed E-state index contributed by atoms with van der Waals surface area (Å²) in [6, 6.07) is 7.24. The highest BCUT2D eigenvalue weighted by Gasteiger charge is 2.04. The van der Waals surface area contributed by atoms with Gasteiger partial charge in [0.1, 0.15) is 16.5 Å². The molecule has 0 bridgehead atoms. The van der Waals surface area contributed by atoms with Gasteiger partial charge in [-0.15, -0.1) is 22.9 Å². The summed E-state index contributed by atoms with van der Waals surface area (Å²) in [5.41, 5.74) is 0.601. The summed E-state index contributed by atoms with van der Waals surface area (Å²) < 4.78 is 5.13. The first-order chi connectivity index (χ1) is 8.20. The van der Waals surface area contributed by atoms with Crippen molar-refractivity contribution in [1.29, 1.82) is 0 Å². The number of thiol groups is 1. The minimum Gasteiger partial charge on any atom is -0.494 e. The van der Waals surface area contributed by atoms with Crippen LogP contribution in [0.1, 0.15) is 0 Å². The van der Waals surface area contributed by atoms with Gasteiger partial charge in [0.15, 0.2) is 5.00 Å². The Balaban J connectivity index is 2.32. The van der Waals surface area contributed by atoms with Gasteiger partial charge in [0, 0.05) is 0 Å². The van der Waals surface area contributed by atoms with Crippen LogP contribution >= 0.6 is 24.0 Å². The standard InChI is InChI=1S/C10H9N3O2S2/c1-15-7-5-3-2-4-6(7)12-13-9-8(16)11-10(14)17-9/h2-5,16H,1H3,(H,11,14). The van der Waals surface area contributed by atoms with Crippen molar-refractivity contribution in [3.63, 3.8) is 0 Å². The van der Waals surface area contributed by atoms with E-state index in [1.165, 1.54) is 0 Å². The van der Waals surface area contributed by atoms with E-state index in [9.17, 15) is 4.79 Å². The monoisotopic (exact) mass is 267 g/mol. The van der Waals surface area contributed by atoms with Crippen molar-refractivity contribution in [2.75, 3.05) is 7.11 Å². The Morgan fingerprint density at radius 2 is 2.12 bits per heavy atom. The fraction of sp³-hybridized carbons (Fsp3) is 0.100. The SMILES string of the molecule is COc1ccccc1N=Nc1sc(=O)[nH]c1S. The lowest BCUT2D eigenvalue weighted by Gasteiger charge is -2.01. The predicted molar refractivity (Wildman–Crippen MR) is 69.4 cm³/mol. The van der Waals surface area contributed by atoms with Crippen molar-refractivity contribution in [2.24, 2.45) is 10.2 Å². The number of rotatable bonds is 3. The first-order valence-corrected chi connectivity index (χ1v) is 5.94. The lowest BCUT2D eigenvalue weighted by atomic mass is 10.3. The predicted octanol–water partition coefficient (Wildman–Crippen LogP) is 3.15. The number of thiazole rings is 1. The van der Waals surface area contributed by atoms with Crippen molar-refractivity contribution < 1.29 is 4.74 Å². The maximum Gasteiger partial charge on any atom is 0.307 e. The number of azo groups is 1. The number of hydrogen-bond donors (Lipinski definition) is 2. The summed E-state index contributed by atoms with van der Waals surface area (Å²) in [4.78, 5) is 13.3. The lowest BCUT2D eigenvalue weighted by molar-refractivity contribution is 0.416. The van der Waals surface area contributed by atoms with E-state index >= 15 is 0 Å². The zero-order valence-electron chi connectivity index (χ0n) is 8.88. The molecule has 1 aromatic heterocycles. The molecule has 5 nitrogen and oxygen atoms in total. The molecule has 0 fully saturated rings. The summed E-state index contributed by atoms with van der Waals surface area (Å²) in [5.74, 6) is 0.625. The van der Waals surface area contributed by atoms with E-state index in [1.807, 2.05) is 12.1 Å². The zero-order chi connectivity index (χ0) is 12.3. The summed E-state index contributed by atoms with van der Waals surface area (Å²) in [7, 11) is 1.56. The van der Waals surface area contributed by atoms with Crippen LogP contribution in [0.25, 0.3) is 0 Å². The van der Waals surface area contributed by atoms with Crippen LogP contribution in [-0.2, 0) is 0 Å². The minimum atomic E-state index is -0.205. The molecule has 0 radical (unpaired) electrons. The molecule has 0 unspecified atom stereocenters. The molecule has 0 aliphatic rings. The lowest BCUT2D eigenvalue weighted by Crippen LogP contribution is -1.89. The average Bonchev–Trinajstić information content (AvgIpc) is 2.65. The van der Waals surface area contributed by atoms with Gasteiger partial charge in [0.25, 0.3) is 0 Å². The van der Waals surface area contributed by atoms with E-state index in [0.29, 0.717) is 21.5 Å². The van der Waals surface area contributed by atoms with E-state index < -0.39 is 0 Å². The highest BCUT2D eigenvalue weighted by molar-refractivity contribution is 7.80. The number of nitrogens with one attached hydrogen (secondary N) is 1. The molecule has 0 saturated carbocycles. The highest BCUT2D eigenvalue weighted by Crippen LogP contribution is 2.30. The van der Waals surface area contributed by atoms with Crippen LogP contribution in [0.5, 0.6) is 5.75 Å². The number of methoxy groups -OCH3 is 1. The Bertz CT molecular complexity index is 604. The fourth-order valence-corrected chi connectivity index (χ4v) is 2.11. The fourth-order valence-electron chi connectivity index (χ4n) is 1.19. The van der Waals surface area contributed by atoms with Crippen molar-refractivity contribution in [3.05, 3.63) is 33.9 Å². The molecule has 2 aromatic rings. The number of H-pyrrole nitrogens is 1. The van der Waals surface area contributed by atoms with Gasteiger partial charge < -0.3 is 9.72 Å². The Labute approximate surface area is 107 Å². The third kappa shape index (κ3) is 2.75. The Morgan fingerprint density at radius 3 is 2.76 bits per heavy atom. The molecule has 0 aliphatic heterocycles. The van der Waals surface area contributed by atoms with Gasteiger partial charge >= 0.3 is 4.87 Å². The third-order valence-electron chi connectivity index (χ3n) is 1.95. The van der Waals surface area contributed by atoms with Gasteiger partial charge in [-0.25, -0.2) is 0 Å². The van der Waals surface area contributed by atoms with E-state index in [0.717, 1.165) is 11.3 Å². The Hall–Kier alpha value is -1.60. The largest absolute Gasteiger partial charge is 0.494 e. The molecule has 17 heavy (non-hydrogen) atoms.